The van der Waals surface area contributed by atoms with Crippen molar-refractivity contribution in [3.63, 3.8) is 0 Å². The molecule has 0 bridgehead atoms. The van der Waals surface area contributed by atoms with Crippen molar-refractivity contribution >= 4 is 11.3 Å². The fourth-order valence-electron chi connectivity index (χ4n) is 1.87. The van der Waals surface area contributed by atoms with Crippen molar-refractivity contribution < 1.29 is 0 Å². The summed E-state index contributed by atoms with van der Waals surface area (Å²) in [7, 11) is 0. The lowest BCUT2D eigenvalue weighted by molar-refractivity contribution is 0.493. The molecule has 1 aliphatic carbocycles. The highest BCUT2D eigenvalue weighted by molar-refractivity contribution is 7.12. The van der Waals surface area contributed by atoms with Crippen LogP contribution in [-0.4, -0.2) is 6.54 Å². The van der Waals surface area contributed by atoms with Gasteiger partial charge in [0.05, 0.1) is 0 Å². The Labute approximate surface area is 90.5 Å². The van der Waals surface area contributed by atoms with E-state index >= 15 is 0 Å². The smallest absolute Gasteiger partial charge is 0.0417 e. The Balaban J connectivity index is 2.00. The second kappa shape index (κ2) is 4.45. The Morgan fingerprint density at radius 1 is 1.50 bits per heavy atom. The van der Waals surface area contributed by atoms with Crippen molar-refractivity contribution in [2.45, 2.75) is 39.2 Å². The number of hydrogen-bond acceptors (Lipinski definition) is 2. The summed E-state index contributed by atoms with van der Waals surface area (Å²) in [6.07, 6.45) is 4.24. The van der Waals surface area contributed by atoms with Gasteiger partial charge in [-0.2, -0.15) is 0 Å². The molecule has 0 radical (unpaired) electrons. The van der Waals surface area contributed by atoms with E-state index in [2.05, 4.69) is 31.3 Å². The molecule has 1 atom stereocenters. The summed E-state index contributed by atoms with van der Waals surface area (Å²) in [5, 5.41) is 3.59. The van der Waals surface area contributed by atoms with Gasteiger partial charge >= 0.3 is 0 Å². The predicted octanol–water partition coefficient (Wildman–Crippen LogP) is 3.51. The maximum atomic E-state index is 3.59. The van der Waals surface area contributed by atoms with Crippen LogP contribution in [0.3, 0.4) is 0 Å². The molecule has 1 saturated carbocycles. The Kier molecular flexibility index (Phi) is 3.24. The van der Waals surface area contributed by atoms with Crippen LogP contribution in [0.5, 0.6) is 0 Å². The molecule has 1 nitrogen and oxygen atoms in total. The quantitative estimate of drug-likeness (QED) is 0.782. The molecule has 0 saturated heterocycles. The van der Waals surface area contributed by atoms with Crippen molar-refractivity contribution in [3.05, 3.63) is 21.9 Å². The van der Waals surface area contributed by atoms with E-state index in [-0.39, 0.29) is 0 Å². The third-order valence-electron chi connectivity index (χ3n) is 2.82. The van der Waals surface area contributed by atoms with Gasteiger partial charge in [-0.15, -0.1) is 11.3 Å². The Morgan fingerprint density at radius 3 is 2.79 bits per heavy atom. The molecule has 1 aromatic rings. The maximum Gasteiger partial charge on any atom is 0.0417 e. The average molecular weight is 209 g/mol. The summed E-state index contributed by atoms with van der Waals surface area (Å²) >= 11 is 1.94. The molecule has 14 heavy (non-hydrogen) atoms. The molecule has 1 aromatic heterocycles. The van der Waals surface area contributed by atoms with Crippen LogP contribution in [0.2, 0.25) is 0 Å². The first-order chi connectivity index (χ1) is 6.79. The second-order valence-electron chi connectivity index (χ2n) is 4.24. The summed E-state index contributed by atoms with van der Waals surface area (Å²) in [6.45, 7) is 5.46. The Bertz CT molecular complexity index is 288. The van der Waals surface area contributed by atoms with Gasteiger partial charge in [0.2, 0.25) is 0 Å². The van der Waals surface area contributed by atoms with Gasteiger partial charge in [0, 0.05) is 15.8 Å². The van der Waals surface area contributed by atoms with E-state index in [1.807, 2.05) is 11.3 Å². The molecule has 1 aliphatic rings. The molecule has 2 rings (SSSR count). The van der Waals surface area contributed by atoms with Crippen molar-refractivity contribution in [3.8, 4) is 0 Å². The van der Waals surface area contributed by atoms with Crippen LogP contribution in [0.15, 0.2) is 12.1 Å². The van der Waals surface area contributed by atoms with E-state index < -0.39 is 0 Å². The van der Waals surface area contributed by atoms with Gasteiger partial charge in [0.1, 0.15) is 0 Å². The lowest BCUT2D eigenvalue weighted by Crippen LogP contribution is -2.20. The van der Waals surface area contributed by atoms with Gasteiger partial charge in [-0.05, 0) is 37.9 Å². The molecule has 1 heterocycles. The minimum atomic E-state index is 0.617. The highest BCUT2D eigenvalue weighted by Gasteiger charge is 2.26. The van der Waals surface area contributed by atoms with E-state index in [0.717, 1.165) is 12.5 Å². The minimum absolute atomic E-state index is 0.617. The lowest BCUT2D eigenvalue weighted by Gasteiger charge is -2.15. The molecule has 0 amide bonds. The Hall–Kier alpha value is -0.340. The van der Waals surface area contributed by atoms with Crippen LogP contribution < -0.4 is 5.32 Å². The number of thiophene rings is 1. The van der Waals surface area contributed by atoms with E-state index in [1.54, 1.807) is 0 Å². The SMILES string of the molecule is CCNC(CC1CC1)c1ccc(C)s1. The van der Waals surface area contributed by atoms with Gasteiger partial charge in [-0.1, -0.05) is 19.8 Å². The van der Waals surface area contributed by atoms with Crippen molar-refractivity contribution in [1.29, 1.82) is 0 Å². The van der Waals surface area contributed by atoms with Gasteiger partial charge in [0.25, 0.3) is 0 Å². The van der Waals surface area contributed by atoms with Gasteiger partial charge in [-0.3, -0.25) is 0 Å². The third-order valence-corrected chi connectivity index (χ3v) is 3.94. The highest BCUT2D eigenvalue weighted by Crippen LogP contribution is 2.38. The monoisotopic (exact) mass is 209 g/mol. The summed E-state index contributed by atoms with van der Waals surface area (Å²) in [4.78, 5) is 2.95. The van der Waals surface area contributed by atoms with E-state index in [4.69, 9.17) is 0 Å². The van der Waals surface area contributed by atoms with Crippen molar-refractivity contribution in [2.75, 3.05) is 6.54 Å². The molecular formula is C12H19NS. The van der Waals surface area contributed by atoms with Gasteiger partial charge < -0.3 is 5.32 Å². The molecular weight excluding hydrogens is 190 g/mol. The normalized spacial score (nSPS) is 18.4. The van der Waals surface area contributed by atoms with Crippen LogP contribution in [0.25, 0.3) is 0 Å². The molecule has 2 heteroatoms. The highest BCUT2D eigenvalue weighted by atomic mass is 32.1. The minimum Gasteiger partial charge on any atom is -0.310 e. The topological polar surface area (TPSA) is 12.0 Å². The molecule has 0 spiro atoms. The standard InChI is InChI=1S/C12H19NS/c1-3-13-11(8-10-5-6-10)12-7-4-9(2)14-12/h4,7,10-11,13H,3,5-6,8H2,1-2H3. The fraction of sp³-hybridized carbons (Fsp3) is 0.667. The lowest BCUT2D eigenvalue weighted by atomic mass is 10.1. The molecule has 1 N–H and O–H groups in total. The first-order valence-corrected chi connectivity index (χ1v) is 6.41. The van der Waals surface area contributed by atoms with Crippen LogP contribution in [-0.2, 0) is 0 Å². The first-order valence-electron chi connectivity index (χ1n) is 5.59. The molecule has 1 fully saturated rings. The number of nitrogens with one attached hydrogen (secondary N) is 1. The summed E-state index contributed by atoms with van der Waals surface area (Å²) in [6, 6.07) is 5.14. The predicted molar refractivity (Wildman–Crippen MR) is 62.8 cm³/mol. The Morgan fingerprint density at radius 2 is 2.29 bits per heavy atom. The third kappa shape index (κ3) is 2.58. The number of aryl methyl sites for hydroxylation is 1. The zero-order valence-electron chi connectivity index (χ0n) is 9.05. The average Bonchev–Trinajstić information content (AvgIpc) is 2.87. The molecule has 1 unspecified atom stereocenters. The maximum absolute atomic E-state index is 3.59. The zero-order valence-corrected chi connectivity index (χ0v) is 9.86. The van der Waals surface area contributed by atoms with Crippen LogP contribution >= 0.6 is 11.3 Å². The molecule has 0 aromatic carbocycles. The van der Waals surface area contributed by atoms with Crippen LogP contribution in [0.1, 0.15) is 42.0 Å². The summed E-state index contributed by atoms with van der Waals surface area (Å²) in [5.74, 6) is 1.00. The second-order valence-corrected chi connectivity index (χ2v) is 5.56. The first kappa shape index (κ1) is 10.2. The van der Waals surface area contributed by atoms with Gasteiger partial charge in [0.15, 0.2) is 0 Å². The van der Waals surface area contributed by atoms with Crippen LogP contribution in [0.4, 0.5) is 0 Å². The van der Waals surface area contributed by atoms with Crippen molar-refractivity contribution in [1.82, 2.24) is 5.32 Å². The van der Waals surface area contributed by atoms with Crippen molar-refractivity contribution in [2.24, 2.45) is 5.92 Å². The van der Waals surface area contributed by atoms with Crippen LogP contribution in [0, 0.1) is 12.8 Å². The number of rotatable bonds is 5. The largest absolute Gasteiger partial charge is 0.310 e. The van der Waals surface area contributed by atoms with Gasteiger partial charge in [-0.25, -0.2) is 0 Å². The van der Waals surface area contributed by atoms with E-state index in [0.29, 0.717) is 6.04 Å². The summed E-state index contributed by atoms with van der Waals surface area (Å²) in [5.41, 5.74) is 0. The summed E-state index contributed by atoms with van der Waals surface area (Å²) < 4.78 is 0. The van der Waals surface area contributed by atoms with E-state index in [9.17, 15) is 0 Å². The number of hydrogen-bond donors (Lipinski definition) is 1. The molecule has 0 aliphatic heterocycles. The molecule has 78 valence electrons. The van der Waals surface area contributed by atoms with E-state index in [1.165, 1.54) is 29.0 Å². The zero-order chi connectivity index (χ0) is 9.97. The fourth-order valence-corrected chi connectivity index (χ4v) is 2.84.